The molecule has 1 saturated carbocycles. The Morgan fingerprint density at radius 2 is 1.61 bits per heavy atom. The van der Waals surface area contributed by atoms with Gasteiger partial charge in [0.2, 0.25) is 0 Å². The van der Waals surface area contributed by atoms with Crippen LogP contribution in [0, 0.1) is 56.2 Å². The first kappa shape index (κ1) is 60.6. The Bertz CT molecular complexity index is 3400. The van der Waals surface area contributed by atoms with E-state index in [-0.39, 0.29) is 62.0 Å². The zero-order valence-corrected chi connectivity index (χ0v) is 49.7. The van der Waals surface area contributed by atoms with Crippen molar-refractivity contribution in [3.8, 4) is 23.0 Å². The van der Waals surface area contributed by atoms with Gasteiger partial charge in [-0.1, -0.05) is 45.9 Å². The number of rotatable bonds is 9. The van der Waals surface area contributed by atoms with Crippen LogP contribution in [0.15, 0.2) is 58.3 Å². The number of allylic oxidation sites excluding steroid dienone is 2. The van der Waals surface area contributed by atoms with E-state index in [1.165, 1.54) is 70.0 Å². The molecule has 1 aliphatic carbocycles. The monoisotopic (exact) mass is 1150 g/mol. The van der Waals surface area contributed by atoms with E-state index in [9.17, 15) is 44.7 Å². The number of carbonyl (C=O) groups is 3. The zero-order chi connectivity index (χ0) is 60.3. The number of aromatic nitrogens is 1. The number of aliphatic hydroxyl groups is 2. The van der Waals surface area contributed by atoms with Crippen molar-refractivity contribution in [1.29, 1.82) is 0 Å². The van der Waals surface area contributed by atoms with Crippen molar-refractivity contribution >= 4 is 51.5 Å². The normalized spacial score (nSPS) is 29.2. The van der Waals surface area contributed by atoms with E-state index in [0.29, 0.717) is 43.3 Å². The number of methoxy groups -OCH3 is 1. The molecule has 19 nitrogen and oxygen atoms in total. The smallest absolute Gasteiger partial charge is 0.312 e. The van der Waals surface area contributed by atoms with E-state index >= 15 is 4.39 Å². The molecule has 2 aromatic heterocycles. The number of fused-ring (bicyclic) bond motifs is 15. The number of ether oxygens (including phenoxy) is 4. The first-order valence-electron chi connectivity index (χ1n) is 28.9. The molecule has 2 saturated heterocycles. The van der Waals surface area contributed by atoms with Gasteiger partial charge in [-0.05, 0) is 102 Å². The molecule has 7 heterocycles. The number of nitrogens with zero attached hydrogens (tertiary/aromatic N) is 5. The van der Waals surface area contributed by atoms with Crippen LogP contribution in [0.25, 0.3) is 16.3 Å². The van der Waals surface area contributed by atoms with Gasteiger partial charge in [-0.2, -0.15) is 5.10 Å². The summed E-state index contributed by atoms with van der Waals surface area (Å²) in [6.45, 7) is 19.4. The second kappa shape index (κ2) is 23.9. The highest BCUT2D eigenvalue weighted by Crippen LogP contribution is 2.55. The van der Waals surface area contributed by atoms with Gasteiger partial charge in [-0.25, -0.2) is 4.39 Å². The third-order valence-electron chi connectivity index (χ3n) is 18.2. The number of Topliss-reactive ketones (excluding diaryl/α,β-unsaturated/α-hetero) is 1. The topological polar surface area (TPSA) is 245 Å². The molecule has 5 bridgehead atoms. The van der Waals surface area contributed by atoms with Crippen LogP contribution in [-0.2, 0) is 23.8 Å². The third-order valence-corrected chi connectivity index (χ3v) is 18.2. The fourth-order valence-electron chi connectivity index (χ4n) is 13.0. The van der Waals surface area contributed by atoms with Gasteiger partial charge in [-0.3, -0.25) is 28.6 Å². The summed E-state index contributed by atoms with van der Waals surface area (Å²) in [4.78, 5) is 59.0. The second-order valence-electron chi connectivity index (χ2n) is 24.1. The van der Waals surface area contributed by atoms with Crippen LogP contribution >= 0.6 is 0 Å². The van der Waals surface area contributed by atoms with Crippen molar-refractivity contribution in [2.24, 2.45) is 34.7 Å². The molecule has 6 N–H and O–H groups in total. The van der Waals surface area contributed by atoms with Gasteiger partial charge in [0.15, 0.2) is 11.6 Å². The number of nitrogens with one attached hydrogen (secondary N) is 1. The van der Waals surface area contributed by atoms with Crippen LogP contribution in [0.3, 0.4) is 0 Å². The molecule has 0 spiro atoms. The maximum atomic E-state index is 16.0. The lowest BCUT2D eigenvalue weighted by Gasteiger charge is -2.38. The number of amides is 1. The van der Waals surface area contributed by atoms with Crippen molar-refractivity contribution < 1.29 is 63.3 Å². The number of aliphatic hydroxyl groups excluding tert-OH is 2. The van der Waals surface area contributed by atoms with Gasteiger partial charge >= 0.3 is 11.8 Å². The van der Waals surface area contributed by atoms with Gasteiger partial charge in [0, 0.05) is 105 Å². The number of phenols is 3. The number of esters is 1. The minimum atomic E-state index is -2.09. The Kier molecular flexibility index (Phi) is 17.5. The van der Waals surface area contributed by atoms with Gasteiger partial charge in [-0.15, -0.1) is 0 Å². The molecule has 20 heteroatoms. The molecule has 83 heavy (non-hydrogen) atoms. The number of carbonyl (C=O) groups excluding carboxylic acids is 3. The summed E-state index contributed by atoms with van der Waals surface area (Å²) in [5, 5.41) is 68.4. The number of halogens is 1. The number of hydrazone groups is 1. The fraction of sp³-hybridized carbons (Fsp3) is 0.540. The average Bonchev–Trinajstić information content (AvgIpc) is 4.37. The lowest BCUT2D eigenvalue weighted by atomic mass is 9.78. The van der Waals surface area contributed by atoms with Crippen LogP contribution in [-0.4, -0.2) is 147 Å². The summed E-state index contributed by atoms with van der Waals surface area (Å²) >= 11 is 0. The minimum Gasteiger partial charge on any atom is -0.507 e. The van der Waals surface area contributed by atoms with Gasteiger partial charge in [0.25, 0.3) is 17.2 Å². The first-order chi connectivity index (χ1) is 39.3. The van der Waals surface area contributed by atoms with Crippen molar-refractivity contribution in [3.05, 3.63) is 98.0 Å². The number of pyridine rings is 2. The maximum Gasteiger partial charge on any atom is 0.312 e. The number of hydrogen-bond acceptors (Lipinski definition) is 17. The predicted molar refractivity (Wildman–Crippen MR) is 314 cm³/mol. The molecule has 3 fully saturated rings. The number of benzene rings is 2. The van der Waals surface area contributed by atoms with Gasteiger partial charge in [0.1, 0.15) is 23.4 Å². The number of phenolic OH excluding ortho intramolecular Hbond substituents is 3. The quantitative estimate of drug-likeness (QED) is 0.0400. The number of aryl methyl sites for hydroxylation is 2. The summed E-state index contributed by atoms with van der Waals surface area (Å²) in [7, 11) is 3.54. The molecule has 1 unspecified atom stereocenters. The lowest BCUT2D eigenvalue weighted by Crippen LogP contribution is -2.46. The van der Waals surface area contributed by atoms with Crippen molar-refractivity contribution in [2.75, 3.05) is 57.1 Å². The van der Waals surface area contributed by atoms with E-state index in [1.807, 2.05) is 18.0 Å². The largest absolute Gasteiger partial charge is 0.507 e. The predicted octanol–water partition coefficient (Wildman–Crippen LogP) is 8.26. The molecule has 448 valence electrons. The molecule has 5 aliphatic heterocycles. The molecule has 1 amide bonds. The Morgan fingerprint density at radius 3 is 2.28 bits per heavy atom. The molecule has 6 aliphatic rings. The van der Waals surface area contributed by atoms with Crippen molar-refractivity contribution in [2.45, 2.75) is 144 Å². The SMILES string of the molecule is CO[C@H]1/C=C/O[C@@]2(C)Oc3c(C)c(O)c4c(O)c(c(/C=N/N5CCC(N(C)CC6CCN(c7c(F)cn8c(=O)c(C)cc(C9CC9)c8c7C)C6)CC5)c(O)c4c3C2=O)NC(=O)/C(C)=C\C=C\[C@H](C)[C@H](O)[C@@H](C)[C@@H](O)[C@@H](C)[C@H](OC(C)=O)[C@@H]1C. The molecular formula is C63H81FN6O13. The molecule has 0 radical (unpaired) electrons. The van der Waals surface area contributed by atoms with Crippen molar-refractivity contribution in [3.63, 3.8) is 0 Å². The Hall–Kier alpha value is -7.00. The van der Waals surface area contributed by atoms with Crippen LogP contribution in [0.4, 0.5) is 15.8 Å². The summed E-state index contributed by atoms with van der Waals surface area (Å²) in [6, 6.07) is 2.18. The van der Waals surface area contributed by atoms with Crippen LogP contribution in [0.5, 0.6) is 23.0 Å². The highest BCUT2D eigenvalue weighted by atomic mass is 19.1. The zero-order valence-electron chi connectivity index (χ0n) is 49.7. The summed E-state index contributed by atoms with van der Waals surface area (Å²) in [5.74, 6) is -8.43. The third kappa shape index (κ3) is 11.6. The molecular weight excluding hydrogens is 1070 g/mol. The van der Waals surface area contributed by atoms with E-state index in [1.54, 1.807) is 46.8 Å². The van der Waals surface area contributed by atoms with Crippen LogP contribution in [0.2, 0.25) is 0 Å². The average molecular weight is 1150 g/mol. The number of anilines is 2. The highest BCUT2D eigenvalue weighted by molar-refractivity contribution is 6.24. The minimum absolute atomic E-state index is 0.0336. The number of hydrogen-bond donors (Lipinski definition) is 6. The Labute approximate surface area is 483 Å². The fourth-order valence-corrected chi connectivity index (χ4v) is 13.0. The Morgan fingerprint density at radius 1 is 0.916 bits per heavy atom. The standard InChI is InChI=1S/C63H81FN6O13/c1-31-14-13-15-32(2)61(78)66-50-44(27-65-69-23-19-42(20-24-69)67(11)28-40-18-22-68(29-40)52-35(5)51-43(41-16-17-41)26-33(3)62(79)70(51)30-45(52)64)56(75)47-48(57(50)76)55(74)38(8)59-49(47)60(77)63(10,83-59)81-25-21-46(80-12)34(4)58(82-39(9)71)37(7)54(73)36(6)53(31)72/h13-15,21,25-27,30-31,34,36-37,40-42,46,53-54,58,72-76H,16-20,22-24,28-29H2,1-12H3,(H,66,78)/b14-13+,25-21+,32-15-,65-27+/t31-,34+,36+,37+,40?,46-,53-,54+,58+,63-/m0/s1. The molecule has 4 aromatic rings. The Balaban J connectivity index is 0.989. The van der Waals surface area contributed by atoms with E-state index < -0.39 is 94.6 Å². The number of ketones is 1. The summed E-state index contributed by atoms with van der Waals surface area (Å²) < 4.78 is 41.4. The molecule has 10 rings (SSSR count). The van der Waals surface area contributed by atoms with Gasteiger partial charge < -0.3 is 59.6 Å². The molecule has 10 atom stereocenters. The van der Waals surface area contributed by atoms with Gasteiger partial charge in [0.05, 0.1) is 70.4 Å². The number of aromatic hydroxyl groups is 3. The highest BCUT2D eigenvalue weighted by Gasteiger charge is 2.50. The van der Waals surface area contributed by atoms with E-state index in [0.717, 1.165) is 55.3 Å². The summed E-state index contributed by atoms with van der Waals surface area (Å²) in [5.41, 5.74) is 3.24. The van der Waals surface area contributed by atoms with Crippen molar-refractivity contribution in [1.82, 2.24) is 14.3 Å². The lowest BCUT2D eigenvalue weighted by molar-refractivity contribution is -0.160. The maximum absolute atomic E-state index is 16.0. The van der Waals surface area contributed by atoms with Crippen LogP contribution in [0.1, 0.15) is 125 Å². The first-order valence-corrected chi connectivity index (χ1v) is 28.9. The van der Waals surface area contributed by atoms with E-state index in [2.05, 4.69) is 22.2 Å². The van der Waals surface area contributed by atoms with Crippen LogP contribution < -0.4 is 20.5 Å². The van der Waals surface area contributed by atoms with E-state index in [4.69, 9.17) is 24.0 Å². The second-order valence-corrected chi connectivity index (χ2v) is 24.1. The molecule has 2 aromatic carbocycles. The summed E-state index contributed by atoms with van der Waals surface area (Å²) in [6.07, 6.45) is 10.6. The number of piperidine rings is 1.